The van der Waals surface area contributed by atoms with Gasteiger partial charge in [0.15, 0.2) is 0 Å². The highest BCUT2D eigenvalue weighted by molar-refractivity contribution is 5.78. The maximum atomic E-state index is 12.1. The summed E-state index contributed by atoms with van der Waals surface area (Å²) in [5, 5.41) is 2.96. The van der Waals surface area contributed by atoms with Crippen molar-refractivity contribution in [1.82, 2.24) is 20.0 Å². The summed E-state index contributed by atoms with van der Waals surface area (Å²) >= 11 is 0. The molecule has 0 atom stereocenters. The molecule has 0 aromatic heterocycles. The summed E-state index contributed by atoms with van der Waals surface area (Å²) in [6.45, 7) is 9.27. The van der Waals surface area contributed by atoms with Gasteiger partial charge in [-0.05, 0) is 19.3 Å². The SMILES string of the molecule is CCCCNC(=O)CN1CCN(CC(=O)N2CCCC2)CC1. The Bertz CT molecular complexity index is 361. The predicted molar refractivity (Wildman–Crippen MR) is 86.6 cm³/mol. The molecule has 0 aliphatic carbocycles. The smallest absolute Gasteiger partial charge is 0.236 e. The molecule has 2 heterocycles. The lowest BCUT2D eigenvalue weighted by Crippen LogP contribution is -2.51. The van der Waals surface area contributed by atoms with Crippen LogP contribution in [0.3, 0.4) is 0 Å². The molecule has 2 aliphatic heterocycles. The van der Waals surface area contributed by atoms with Gasteiger partial charge in [-0.25, -0.2) is 0 Å². The second-order valence-electron chi connectivity index (χ2n) is 6.34. The highest BCUT2D eigenvalue weighted by Crippen LogP contribution is 2.09. The minimum absolute atomic E-state index is 0.120. The number of amides is 2. The van der Waals surface area contributed by atoms with Gasteiger partial charge in [-0.1, -0.05) is 13.3 Å². The zero-order valence-corrected chi connectivity index (χ0v) is 13.9. The van der Waals surface area contributed by atoms with Gasteiger partial charge < -0.3 is 10.2 Å². The third-order valence-electron chi connectivity index (χ3n) is 4.50. The molecule has 2 rings (SSSR count). The van der Waals surface area contributed by atoms with Gasteiger partial charge in [0.2, 0.25) is 11.8 Å². The summed E-state index contributed by atoms with van der Waals surface area (Å²) in [5.41, 5.74) is 0. The minimum Gasteiger partial charge on any atom is -0.355 e. The van der Waals surface area contributed by atoms with Crippen LogP contribution in [-0.2, 0) is 9.59 Å². The molecule has 6 heteroatoms. The highest BCUT2D eigenvalue weighted by Gasteiger charge is 2.23. The van der Waals surface area contributed by atoms with Crippen LogP contribution < -0.4 is 5.32 Å². The fourth-order valence-corrected chi connectivity index (χ4v) is 3.03. The Morgan fingerprint density at radius 2 is 1.50 bits per heavy atom. The Balaban J connectivity index is 1.60. The number of likely N-dealkylation sites (tertiary alicyclic amines) is 1. The average molecular weight is 310 g/mol. The van der Waals surface area contributed by atoms with Gasteiger partial charge in [0.25, 0.3) is 0 Å². The number of unbranched alkanes of at least 4 members (excludes halogenated alkanes) is 1. The lowest BCUT2D eigenvalue weighted by Gasteiger charge is -2.34. The van der Waals surface area contributed by atoms with E-state index in [-0.39, 0.29) is 11.8 Å². The standard InChI is InChI=1S/C16H30N4O2/c1-2-3-6-17-15(21)13-18-9-11-19(12-10-18)14-16(22)20-7-4-5-8-20/h2-14H2,1H3,(H,17,21). The van der Waals surface area contributed by atoms with Crippen molar-refractivity contribution in [2.45, 2.75) is 32.6 Å². The molecule has 0 bridgehead atoms. The number of carbonyl (C=O) groups excluding carboxylic acids is 2. The molecule has 0 saturated carbocycles. The van der Waals surface area contributed by atoms with E-state index in [1.54, 1.807) is 0 Å². The molecule has 22 heavy (non-hydrogen) atoms. The van der Waals surface area contributed by atoms with Crippen LogP contribution in [0.15, 0.2) is 0 Å². The molecule has 1 N–H and O–H groups in total. The molecule has 0 unspecified atom stereocenters. The molecule has 0 aromatic carbocycles. The molecule has 0 spiro atoms. The quantitative estimate of drug-likeness (QED) is 0.680. The van der Waals surface area contributed by atoms with Crippen LogP contribution in [0.2, 0.25) is 0 Å². The van der Waals surface area contributed by atoms with Crippen molar-refractivity contribution >= 4 is 11.8 Å². The van der Waals surface area contributed by atoms with Crippen molar-refractivity contribution in [2.75, 3.05) is 58.9 Å². The fourth-order valence-electron chi connectivity index (χ4n) is 3.03. The molecule has 126 valence electrons. The summed E-state index contributed by atoms with van der Waals surface area (Å²) in [7, 11) is 0. The second-order valence-corrected chi connectivity index (χ2v) is 6.34. The molecule has 2 saturated heterocycles. The largest absolute Gasteiger partial charge is 0.355 e. The average Bonchev–Trinajstić information content (AvgIpc) is 3.04. The van der Waals surface area contributed by atoms with E-state index in [2.05, 4.69) is 22.0 Å². The third kappa shape index (κ3) is 5.57. The van der Waals surface area contributed by atoms with Crippen molar-refractivity contribution in [3.8, 4) is 0 Å². The predicted octanol–water partition coefficient (Wildman–Crippen LogP) is 0.143. The first-order chi connectivity index (χ1) is 10.7. The third-order valence-corrected chi connectivity index (χ3v) is 4.50. The van der Waals surface area contributed by atoms with E-state index in [9.17, 15) is 9.59 Å². The van der Waals surface area contributed by atoms with E-state index in [4.69, 9.17) is 0 Å². The number of nitrogens with zero attached hydrogens (tertiary/aromatic N) is 3. The first kappa shape index (κ1) is 17.2. The van der Waals surface area contributed by atoms with Crippen molar-refractivity contribution in [3.05, 3.63) is 0 Å². The summed E-state index contributed by atoms with van der Waals surface area (Å²) in [4.78, 5) is 30.3. The summed E-state index contributed by atoms with van der Waals surface area (Å²) in [5.74, 6) is 0.387. The Hall–Kier alpha value is -1.14. The number of piperazine rings is 1. The van der Waals surface area contributed by atoms with E-state index < -0.39 is 0 Å². The normalized spacial score (nSPS) is 20.3. The highest BCUT2D eigenvalue weighted by atomic mass is 16.2. The van der Waals surface area contributed by atoms with Crippen LogP contribution in [0.25, 0.3) is 0 Å². The zero-order valence-electron chi connectivity index (χ0n) is 13.9. The summed E-state index contributed by atoms with van der Waals surface area (Å²) in [6, 6.07) is 0. The lowest BCUT2D eigenvalue weighted by atomic mass is 10.3. The monoisotopic (exact) mass is 310 g/mol. The van der Waals surface area contributed by atoms with Crippen LogP contribution in [0.4, 0.5) is 0 Å². The molecule has 0 radical (unpaired) electrons. The lowest BCUT2D eigenvalue weighted by molar-refractivity contribution is -0.132. The van der Waals surface area contributed by atoms with Crippen LogP contribution in [0.1, 0.15) is 32.6 Å². The second kappa shape index (κ2) is 9.10. The summed E-state index contributed by atoms with van der Waals surface area (Å²) in [6.07, 6.45) is 4.43. The van der Waals surface area contributed by atoms with Gasteiger partial charge in [-0.3, -0.25) is 19.4 Å². The zero-order chi connectivity index (χ0) is 15.8. The van der Waals surface area contributed by atoms with Gasteiger partial charge >= 0.3 is 0 Å². The van der Waals surface area contributed by atoms with E-state index in [0.29, 0.717) is 13.1 Å². The number of carbonyl (C=O) groups is 2. The molecular formula is C16H30N4O2. The van der Waals surface area contributed by atoms with Crippen molar-refractivity contribution < 1.29 is 9.59 Å². The van der Waals surface area contributed by atoms with Crippen molar-refractivity contribution in [1.29, 1.82) is 0 Å². The van der Waals surface area contributed by atoms with E-state index >= 15 is 0 Å². The fraction of sp³-hybridized carbons (Fsp3) is 0.875. The van der Waals surface area contributed by atoms with Crippen LogP contribution >= 0.6 is 0 Å². The molecular weight excluding hydrogens is 280 g/mol. The maximum absolute atomic E-state index is 12.1. The van der Waals surface area contributed by atoms with E-state index in [1.807, 2.05) is 4.90 Å². The van der Waals surface area contributed by atoms with Gasteiger partial charge in [0.1, 0.15) is 0 Å². The Labute approximate surface area is 133 Å². The molecule has 0 aromatic rings. The van der Waals surface area contributed by atoms with E-state index in [0.717, 1.165) is 71.5 Å². The van der Waals surface area contributed by atoms with Gasteiger partial charge in [-0.2, -0.15) is 0 Å². The summed E-state index contributed by atoms with van der Waals surface area (Å²) < 4.78 is 0. The molecule has 6 nitrogen and oxygen atoms in total. The topological polar surface area (TPSA) is 55.9 Å². The Morgan fingerprint density at radius 3 is 2.09 bits per heavy atom. The number of rotatable bonds is 7. The first-order valence-electron chi connectivity index (χ1n) is 8.68. The van der Waals surface area contributed by atoms with Crippen LogP contribution in [0.5, 0.6) is 0 Å². The first-order valence-corrected chi connectivity index (χ1v) is 8.68. The maximum Gasteiger partial charge on any atom is 0.236 e. The van der Waals surface area contributed by atoms with Gasteiger partial charge in [-0.15, -0.1) is 0 Å². The van der Waals surface area contributed by atoms with Crippen LogP contribution in [-0.4, -0.2) is 85.4 Å². The number of nitrogens with one attached hydrogen (secondary N) is 1. The van der Waals surface area contributed by atoms with Crippen LogP contribution in [0, 0.1) is 0 Å². The van der Waals surface area contributed by atoms with E-state index in [1.165, 1.54) is 0 Å². The van der Waals surface area contributed by atoms with Crippen molar-refractivity contribution in [3.63, 3.8) is 0 Å². The molecule has 2 fully saturated rings. The minimum atomic E-state index is 0.120. The Morgan fingerprint density at radius 1 is 0.909 bits per heavy atom. The molecule has 2 amide bonds. The number of hydrogen-bond donors (Lipinski definition) is 1. The Kier molecular flexibility index (Phi) is 7.12. The van der Waals surface area contributed by atoms with Gasteiger partial charge in [0.05, 0.1) is 13.1 Å². The van der Waals surface area contributed by atoms with Gasteiger partial charge in [0, 0.05) is 45.8 Å². The number of hydrogen-bond acceptors (Lipinski definition) is 4. The van der Waals surface area contributed by atoms with Crippen molar-refractivity contribution in [2.24, 2.45) is 0 Å². The molecule has 2 aliphatic rings.